The lowest BCUT2D eigenvalue weighted by atomic mass is 10.1. The summed E-state index contributed by atoms with van der Waals surface area (Å²) in [5.74, 6) is 0. The normalized spacial score (nSPS) is 10.0. The molecular weight excluding hydrogens is 242 g/mol. The smallest absolute Gasteiger partial charge is 0.168 e. The van der Waals surface area contributed by atoms with Crippen molar-refractivity contribution < 1.29 is 0 Å². The minimum absolute atomic E-state index is 0.291. The fourth-order valence-corrected chi connectivity index (χ4v) is 1.85. The molecule has 18 heavy (non-hydrogen) atoms. The minimum Gasteiger partial charge on any atom is -0.376 e. The Morgan fingerprint density at radius 3 is 2.11 bits per heavy atom. The van der Waals surface area contributed by atoms with Crippen LogP contribution in [0.5, 0.6) is 0 Å². The molecule has 92 valence electrons. The Balaban J connectivity index is 1.92. The Morgan fingerprint density at radius 2 is 1.56 bits per heavy atom. The van der Waals surface area contributed by atoms with Gasteiger partial charge < -0.3 is 11.1 Å². The van der Waals surface area contributed by atoms with E-state index in [1.54, 1.807) is 0 Å². The van der Waals surface area contributed by atoms with Gasteiger partial charge in [-0.2, -0.15) is 0 Å². The van der Waals surface area contributed by atoms with Gasteiger partial charge in [0, 0.05) is 18.1 Å². The average molecular weight is 257 g/mol. The lowest BCUT2D eigenvalue weighted by Crippen LogP contribution is -2.18. The molecule has 0 amide bonds. The molecule has 2 aromatic rings. The molecule has 0 spiro atoms. The second kappa shape index (κ2) is 6.12. The highest BCUT2D eigenvalue weighted by Crippen LogP contribution is 2.11. The largest absolute Gasteiger partial charge is 0.376 e. The number of aromatic nitrogens is 1. The molecule has 1 heterocycles. The van der Waals surface area contributed by atoms with E-state index in [2.05, 4.69) is 22.4 Å². The summed E-state index contributed by atoms with van der Waals surface area (Å²) >= 11 is 4.79. The van der Waals surface area contributed by atoms with Crippen molar-refractivity contribution in [2.24, 2.45) is 5.73 Å². The van der Waals surface area contributed by atoms with E-state index < -0.39 is 0 Å². The monoisotopic (exact) mass is 257 g/mol. The Labute approximate surface area is 112 Å². The number of hydrogen-bond donors (Lipinski definition) is 2. The molecule has 0 unspecified atom stereocenters. The van der Waals surface area contributed by atoms with Crippen molar-refractivity contribution in [2.75, 3.05) is 5.32 Å². The summed E-state index contributed by atoms with van der Waals surface area (Å²) in [5, 5.41) is 3.20. The Morgan fingerprint density at radius 1 is 1.00 bits per heavy atom. The van der Waals surface area contributed by atoms with Crippen LogP contribution in [0.4, 0.5) is 5.69 Å². The third-order valence-corrected chi connectivity index (χ3v) is 2.78. The summed E-state index contributed by atoms with van der Waals surface area (Å²) < 4.78 is 0. The highest BCUT2D eigenvalue weighted by Gasteiger charge is 1.97. The molecule has 4 heteroatoms. The van der Waals surface area contributed by atoms with Crippen LogP contribution in [0.3, 0.4) is 0 Å². The van der Waals surface area contributed by atoms with Crippen molar-refractivity contribution in [3.8, 4) is 0 Å². The average Bonchev–Trinajstić information content (AvgIpc) is 2.38. The second-order valence-corrected chi connectivity index (χ2v) is 4.48. The maximum absolute atomic E-state index is 5.41. The molecule has 0 saturated carbocycles. The van der Waals surface area contributed by atoms with Crippen LogP contribution in [0.2, 0.25) is 0 Å². The third kappa shape index (κ3) is 3.82. The molecule has 0 saturated heterocycles. The predicted octanol–water partition coefficient (Wildman–Crippen LogP) is 2.52. The zero-order valence-corrected chi connectivity index (χ0v) is 10.8. The van der Waals surface area contributed by atoms with Crippen LogP contribution in [-0.4, -0.2) is 10.1 Å². The van der Waals surface area contributed by atoms with Gasteiger partial charge >= 0.3 is 0 Å². The number of nitrogens with two attached hydrogens (primary N) is 1. The first-order chi connectivity index (χ1) is 8.74. The van der Waals surface area contributed by atoms with Crippen molar-refractivity contribution in [1.29, 1.82) is 0 Å². The van der Waals surface area contributed by atoms with E-state index in [0.717, 1.165) is 18.5 Å². The molecular formula is C14H15N3S. The maximum Gasteiger partial charge on any atom is 0.168 e. The molecule has 1 aromatic heterocycles. The molecule has 0 radical (unpaired) electrons. The fourth-order valence-electron chi connectivity index (χ4n) is 1.74. The molecule has 0 aliphatic carbocycles. The van der Waals surface area contributed by atoms with Crippen LogP contribution in [-0.2, 0) is 12.8 Å². The molecule has 3 N–H and O–H groups in total. The predicted molar refractivity (Wildman–Crippen MR) is 78.5 cm³/mol. The number of thiocarbonyl (C=S) groups is 1. The van der Waals surface area contributed by atoms with Crippen LogP contribution in [0.15, 0.2) is 48.8 Å². The van der Waals surface area contributed by atoms with Gasteiger partial charge in [0.05, 0.1) is 0 Å². The zero-order valence-electron chi connectivity index (χ0n) is 9.97. The van der Waals surface area contributed by atoms with Crippen LogP contribution in [0.25, 0.3) is 0 Å². The van der Waals surface area contributed by atoms with Gasteiger partial charge in [0.1, 0.15) is 0 Å². The molecule has 1 aromatic carbocycles. The second-order valence-electron chi connectivity index (χ2n) is 4.04. The van der Waals surface area contributed by atoms with Crippen molar-refractivity contribution in [2.45, 2.75) is 12.8 Å². The SMILES string of the molecule is NC(=S)Nc1ccc(CCc2ccncc2)cc1. The topological polar surface area (TPSA) is 50.9 Å². The van der Waals surface area contributed by atoms with Gasteiger partial charge in [0.2, 0.25) is 0 Å². The van der Waals surface area contributed by atoms with Crippen molar-refractivity contribution in [3.05, 3.63) is 59.9 Å². The first-order valence-corrected chi connectivity index (χ1v) is 6.19. The summed E-state index contributed by atoms with van der Waals surface area (Å²) in [5.41, 5.74) is 8.93. The lowest BCUT2D eigenvalue weighted by Gasteiger charge is -2.05. The van der Waals surface area contributed by atoms with Gasteiger partial charge in [-0.1, -0.05) is 12.1 Å². The summed E-state index contributed by atoms with van der Waals surface area (Å²) in [4.78, 5) is 4.01. The molecule has 0 fully saturated rings. The van der Waals surface area contributed by atoms with Gasteiger partial charge in [-0.3, -0.25) is 4.98 Å². The molecule has 0 bridgehead atoms. The summed E-state index contributed by atoms with van der Waals surface area (Å²) in [6, 6.07) is 12.2. The van der Waals surface area contributed by atoms with Crippen molar-refractivity contribution in [1.82, 2.24) is 4.98 Å². The van der Waals surface area contributed by atoms with E-state index in [1.165, 1.54) is 11.1 Å². The van der Waals surface area contributed by atoms with Crippen LogP contribution in [0, 0.1) is 0 Å². The number of rotatable bonds is 4. The number of aryl methyl sites for hydroxylation is 2. The minimum atomic E-state index is 0.291. The maximum atomic E-state index is 5.41. The van der Waals surface area contributed by atoms with E-state index in [4.69, 9.17) is 18.0 Å². The number of hydrogen-bond acceptors (Lipinski definition) is 2. The molecule has 0 atom stereocenters. The fraction of sp³-hybridized carbons (Fsp3) is 0.143. The van der Waals surface area contributed by atoms with E-state index in [0.29, 0.717) is 5.11 Å². The zero-order chi connectivity index (χ0) is 12.8. The van der Waals surface area contributed by atoms with Crippen LogP contribution >= 0.6 is 12.2 Å². The van der Waals surface area contributed by atoms with Crippen molar-refractivity contribution >= 4 is 23.0 Å². The van der Waals surface area contributed by atoms with Gasteiger partial charge in [0.15, 0.2) is 5.11 Å². The molecule has 3 nitrogen and oxygen atoms in total. The van der Waals surface area contributed by atoms with Crippen LogP contribution in [0.1, 0.15) is 11.1 Å². The summed E-state index contributed by atoms with van der Waals surface area (Å²) in [6.07, 6.45) is 5.68. The Bertz CT molecular complexity index is 508. The first-order valence-electron chi connectivity index (χ1n) is 5.78. The van der Waals surface area contributed by atoms with E-state index in [1.807, 2.05) is 36.7 Å². The number of benzene rings is 1. The van der Waals surface area contributed by atoms with E-state index >= 15 is 0 Å². The van der Waals surface area contributed by atoms with Gasteiger partial charge in [-0.25, -0.2) is 0 Å². The Hall–Kier alpha value is -1.94. The molecule has 0 aliphatic heterocycles. The number of pyridine rings is 1. The quantitative estimate of drug-likeness (QED) is 0.826. The number of nitrogens with zero attached hydrogens (tertiary/aromatic N) is 1. The summed E-state index contributed by atoms with van der Waals surface area (Å²) in [6.45, 7) is 0. The molecule has 2 rings (SSSR count). The highest BCUT2D eigenvalue weighted by molar-refractivity contribution is 7.80. The standard InChI is InChI=1S/C14H15N3S/c15-14(18)17-13-5-3-11(4-6-13)1-2-12-7-9-16-10-8-12/h3-10H,1-2H2,(H3,15,17,18). The van der Waals surface area contributed by atoms with Gasteiger partial charge in [0.25, 0.3) is 0 Å². The van der Waals surface area contributed by atoms with E-state index in [9.17, 15) is 0 Å². The molecule has 0 aliphatic rings. The highest BCUT2D eigenvalue weighted by atomic mass is 32.1. The van der Waals surface area contributed by atoms with Gasteiger partial charge in [-0.15, -0.1) is 0 Å². The third-order valence-electron chi connectivity index (χ3n) is 2.67. The van der Waals surface area contributed by atoms with Crippen molar-refractivity contribution in [3.63, 3.8) is 0 Å². The van der Waals surface area contributed by atoms with Gasteiger partial charge in [-0.05, 0) is 60.5 Å². The lowest BCUT2D eigenvalue weighted by molar-refractivity contribution is 0.955. The number of anilines is 1. The van der Waals surface area contributed by atoms with E-state index in [-0.39, 0.29) is 0 Å². The number of nitrogens with one attached hydrogen (secondary N) is 1. The first kappa shape index (κ1) is 12.5. The Kier molecular flexibility index (Phi) is 4.25. The van der Waals surface area contributed by atoms with Crippen LogP contribution < -0.4 is 11.1 Å². The summed E-state index contributed by atoms with van der Waals surface area (Å²) in [7, 11) is 0.